The summed E-state index contributed by atoms with van der Waals surface area (Å²) in [6, 6.07) is 22.4. The molecule has 3 aromatic carbocycles. The fraction of sp³-hybridized carbons (Fsp3) is 0.0417. The molecule has 158 valence electrons. The van der Waals surface area contributed by atoms with Crippen molar-refractivity contribution in [1.82, 2.24) is 9.99 Å². The highest BCUT2D eigenvalue weighted by Crippen LogP contribution is 2.30. The van der Waals surface area contributed by atoms with Crippen molar-refractivity contribution in [3.05, 3.63) is 111 Å². The third-order valence-corrected chi connectivity index (χ3v) is 5.08. The monoisotopic (exact) mass is 426 g/mol. The van der Waals surface area contributed by atoms with E-state index < -0.39 is 10.8 Å². The van der Waals surface area contributed by atoms with Gasteiger partial charge in [-0.2, -0.15) is 5.10 Å². The normalized spacial score (nSPS) is 11.0. The van der Waals surface area contributed by atoms with Crippen LogP contribution in [0, 0.1) is 10.1 Å². The van der Waals surface area contributed by atoms with Crippen molar-refractivity contribution in [1.29, 1.82) is 0 Å². The predicted molar refractivity (Wildman–Crippen MR) is 123 cm³/mol. The molecule has 1 aromatic heterocycles. The lowest BCUT2D eigenvalue weighted by atomic mass is 9.96. The van der Waals surface area contributed by atoms with Crippen molar-refractivity contribution in [3.8, 4) is 11.1 Å². The molecule has 1 amide bonds. The van der Waals surface area contributed by atoms with Crippen molar-refractivity contribution >= 4 is 28.6 Å². The van der Waals surface area contributed by atoms with Crippen LogP contribution in [0.15, 0.2) is 88.8 Å². The second-order valence-electron chi connectivity index (χ2n) is 7.01. The number of nitrogens with zero attached hydrogens (tertiary/aromatic N) is 3. The Morgan fingerprint density at radius 1 is 0.969 bits per heavy atom. The van der Waals surface area contributed by atoms with Gasteiger partial charge in [0.1, 0.15) is 5.69 Å². The largest absolute Gasteiger partial charge is 0.306 e. The summed E-state index contributed by atoms with van der Waals surface area (Å²) in [6.07, 6.45) is 1.21. The number of rotatable bonds is 5. The maximum atomic E-state index is 13.1. The number of nitro groups is 1. The van der Waals surface area contributed by atoms with Gasteiger partial charge in [0, 0.05) is 24.1 Å². The number of fused-ring (bicyclic) bond motifs is 1. The molecular weight excluding hydrogens is 408 g/mol. The molecule has 0 bridgehead atoms. The van der Waals surface area contributed by atoms with Gasteiger partial charge in [0.2, 0.25) is 0 Å². The summed E-state index contributed by atoms with van der Waals surface area (Å²) in [5.41, 5.74) is 3.71. The zero-order valence-corrected chi connectivity index (χ0v) is 17.1. The number of nitro benzene ring substituents is 1. The number of benzene rings is 3. The van der Waals surface area contributed by atoms with Gasteiger partial charge in [0.25, 0.3) is 17.2 Å². The number of pyridine rings is 1. The first-order chi connectivity index (χ1) is 15.5. The fourth-order valence-corrected chi connectivity index (χ4v) is 3.60. The summed E-state index contributed by atoms with van der Waals surface area (Å²) < 4.78 is 1.29. The summed E-state index contributed by atoms with van der Waals surface area (Å²) in [5, 5.41) is 16.2. The second-order valence-corrected chi connectivity index (χ2v) is 7.01. The molecule has 8 heteroatoms. The highest BCUT2D eigenvalue weighted by molar-refractivity contribution is 6.08. The lowest BCUT2D eigenvalue weighted by Gasteiger charge is -2.16. The molecule has 0 spiro atoms. The number of aromatic nitrogens is 1. The first kappa shape index (κ1) is 20.7. The summed E-state index contributed by atoms with van der Waals surface area (Å²) >= 11 is 0. The van der Waals surface area contributed by atoms with Crippen molar-refractivity contribution in [2.24, 2.45) is 12.1 Å². The molecule has 0 atom stereocenters. The number of para-hydroxylation sites is 1. The summed E-state index contributed by atoms with van der Waals surface area (Å²) in [5.74, 6) is -0.607. The molecule has 4 rings (SSSR count). The van der Waals surface area contributed by atoms with Crippen molar-refractivity contribution < 1.29 is 9.72 Å². The predicted octanol–water partition coefficient (Wildman–Crippen LogP) is 3.88. The average Bonchev–Trinajstić information content (AvgIpc) is 2.82. The zero-order chi connectivity index (χ0) is 22.7. The lowest BCUT2D eigenvalue weighted by Crippen LogP contribution is -2.30. The van der Waals surface area contributed by atoms with Gasteiger partial charge in [-0.05, 0) is 23.1 Å². The van der Waals surface area contributed by atoms with Gasteiger partial charge < -0.3 is 4.57 Å². The molecule has 0 aliphatic heterocycles. The van der Waals surface area contributed by atoms with Gasteiger partial charge >= 0.3 is 0 Å². The molecule has 8 nitrogen and oxygen atoms in total. The third kappa shape index (κ3) is 3.77. The Balaban J connectivity index is 1.81. The van der Waals surface area contributed by atoms with Gasteiger partial charge in [0.05, 0.1) is 16.7 Å². The maximum absolute atomic E-state index is 13.1. The third-order valence-electron chi connectivity index (χ3n) is 5.08. The van der Waals surface area contributed by atoms with E-state index in [0.717, 1.165) is 5.56 Å². The first-order valence-corrected chi connectivity index (χ1v) is 9.73. The molecule has 0 saturated carbocycles. The minimum Gasteiger partial charge on any atom is -0.306 e. The van der Waals surface area contributed by atoms with Gasteiger partial charge in [-0.1, -0.05) is 60.7 Å². The minimum absolute atomic E-state index is 0.131. The van der Waals surface area contributed by atoms with Crippen LogP contribution in [0.3, 0.4) is 0 Å². The fourth-order valence-electron chi connectivity index (χ4n) is 3.60. The SMILES string of the molecule is Cn1c(C(=O)N/N=C/c2ccccc2[N+](=O)[O-])c(-c2ccccc2)c2ccccc2c1=O. The van der Waals surface area contributed by atoms with E-state index in [-0.39, 0.29) is 22.5 Å². The molecule has 0 saturated heterocycles. The Labute approximate surface area is 182 Å². The van der Waals surface area contributed by atoms with Crippen molar-refractivity contribution in [3.63, 3.8) is 0 Å². The Hall–Kier alpha value is -4.59. The van der Waals surface area contributed by atoms with Crippen LogP contribution < -0.4 is 11.0 Å². The summed E-state index contributed by atoms with van der Waals surface area (Å²) in [6.45, 7) is 0. The van der Waals surface area contributed by atoms with Crippen LogP contribution in [0.2, 0.25) is 0 Å². The maximum Gasteiger partial charge on any atom is 0.288 e. The van der Waals surface area contributed by atoms with Crippen molar-refractivity contribution in [2.75, 3.05) is 0 Å². The van der Waals surface area contributed by atoms with Crippen LogP contribution in [0.4, 0.5) is 5.69 Å². The number of hydrogen-bond donors (Lipinski definition) is 1. The van der Waals surface area contributed by atoms with Crippen LogP contribution in [-0.2, 0) is 7.05 Å². The van der Waals surface area contributed by atoms with E-state index >= 15 is 0 Å². The second kappa shape index (κ2) is 8.65. The van der Waals surface area contributed by atoms with E-state index in [9.17, 15) is 19.7 Å². The quantitative estimate of drug-likeness (QED) is 0.297. The Kier molecular flexibility index (Phi) is 5.59. The van der Waals surface area contributed by atoms with Gasteiger partial charge in [-0.15, -0.1) is 0 Å². The molecule has 4 aromatic rings. The Bertz CT molecular complexity index is 1430. The smallest absolute Gasteiger partial charge is 0.288 e. The number of nitrogens with one attached hydrogen (secondary N) is 1. The summed E-state index contributed by atoms with van der Waals surface area (Å²) in [7, 11) is 1.53. The Morgan fingerprint density at radius 2 is 1.59 bits per heavy atom. The lowest BCUT2D eigenvalue weighted by molar-refractivity contribution is -0.385. The number of amides is 1. The zero-order valence-electron chi connectivity index (χ0n) is 17.1. The highest BCUT2D eigenvalue weighted by Gasteiger charge is 2.21. The molecule has 0 fully saturated rings. The van der Waals surface area contributed by atoms with Crippen LogP contribution in [0.25, 0.3) is 21.9 Å². The molecule has 32 heavy (non-hydrogen) atoms. The van der Waals surface area contributed by atoms with Gasteiger partial charge in [-0.3, -0.25) is 19.7 Å². The number of hydrazone groups is 1. The molecular formula is C24H18N4O4. The molecule has 0 aliphatic carbocycles. The van der Waals surface area contributed by atoms with E-state index in [0.29, 0.717) is 16.3 Å². The first-order valence-electron chi connectivity index (χ1n) is 9.73. The molecule has 0 radical (unpaired) electrons. The molecule has 0 aliphatic rings. The number of carbonyl (C=O) groups excluding carboxylic acids is 1. The minimum atomic E-state index is -0.607. The van der Waals surface area contributed by atoms with E-state index in [1.807, 2.05) is 36.4 Å². The van der Waals surface area contributed by atoms with Gasteiger partial charge in [-0.25, -0.2) is 5.43 Å². The van der Waals surface area contributed by atoms with E-state index in [1.54, 1.807) is 30.3 Å². The van der Waals surface area contributed by atoms with Crippen LogP contribution in [0.5, 0.6) is 0 Å². The van der Waals surface area contributed by atoms with Crippen LogP contribution in [-0.4, -0.2) is 21.6 Å². The highest BCUT2D eigenvalue weighted by atomic mass is 16.6. The topological polar surface area (TPSA) is 107 Å². The van der Waals surface area contributed by atoms with Crippen LogP contribution in [0.1, 0.15) is 16.1 Å². The number of carbonyl (C=O) groups is 1. The summed E-state index contributed by atoms with van der Waals surface area (Å²) in [4.78, 5) is 36.7. The molecule has 0 unspecified atom stereocenters. The van der Waals surface area contributed by atoms with E-state index in [4.69, 9.17) is 0 Å². The van der Waals surface area contributed by atoms with E-state index in [1.165, 1.54) is 30.0 Å². The molecule has 1 heterocycles. The van der Waals surface area contributed by atoms with Crippen molar-refractivity contribution in [2.45, 2.75) is 0 Å². The molecule has 1 N–H and O–H groups in total. The standard InChI is InChI=1S/C24H18N4O4/c1-27-22(23(29)26-25-15-17-11-5-8-14-20(17)28(31)32)21(16-9-3-2-4-10-16)18-12-6-7-13-19(18)24(27)30/h2-15H,1H3,(H,26,29)/b25-15+. The number of hydrogen-bond acceptors (Lipinski definition) is 5. The van der Waals surface area contributed by atoms with Crippen LogP contribution >= 0.6 is 0 Å². The average molecular weight is 426 g/mol. The van der Waals surface area contributed by atoms with Gasteiger partial charge in [0.15, 0.2) is 0 Å². The van der Waals surface area contributed by atoms with E-state index in [2.05, 4.69) is 10.5 Å². The Morgan fingerprint density at radius 3 is 2.31 bits per heavy atom.